The molecule has 28 heteroatoms. The van der Waals surface area contributed by atoms with E-state index in [0.29, 0.717) is 5.56 Å². The molecule has 2 bridgehead atoms. The summed E-state index contributed by atoms with van der Waals surface area (Å²) in [5.74, 6) is -1.70. The smallest absolute Gasteiger partial charge is 0.346 e. The Balaban J connectivity index is 1.10. The van der Waals surface area contributed by atoms with E-state index in [-0.39, 0.29) is 40.5 Å². The summed E-state index contributed by atoms with van der Waals surface area (Å²) in [5, 5.41) is 14.3. The molecule has 2 amide bonds. The van der Waals surface area contributed by atoms with Gasteiger partial charge in [0.15, 0.2) is 65.2 Å². The summed E-state index contributed by atoms with van der Waals surface area (Å²) in [6, 6.07) is 10.1. The maximum atomic E-state index is 16.8. The first-order valence-corrected chi connectivity index (χ1v) is 22.9. The molecule has 5 aromatic rings. The van der Waals surface area contributed by atoms with Crippen molar-refractivity contribution in [2.75, 3.05) is 30.5 Å². The number of hydrogen-bond donors (Lipinski definition) is 6. The van der Waals surface area contributed by atoms with Crippen LogP contribution in [0.5, 0.6) is 0 Å². The number of hydrogen-bond acceptors (Lipinski definition) is 19. The third kappa shape index (κ3) is 8.89. The van der Waals surface area contributed by atoms with E-state index in [1.807, 2.05) is 6.07 Å². The Morgan fingerprint density at radius 3 is 2.42 bits per heavy atom. The van der Waals surface area contributed by atoms with Gasteiger partial charge < -0.3 is 14.8 Å². The Hall–Kier alpha value is -4.74. The van der Waals surface area contributed by atoms with Gasteiger partial charge in [-0.1, -0.05) is 32.0 Å². The third-order valence-electron chi connectivity index (χ3n) is 9.70. The number of aromatic nitrogens is 8. The van der Waals surface area contributed by atoms with Crippen molar-refractivity contribution in [3.63, 3.8) is 0 Å². The van der Waals surface area contributed by atoms with Crippen molar-refractivity contribution in [2.45, 2.75) is 69.5 Å². The lowest BCUT2D eigenvalue weighted by molar-refractivity contribution is -0.118. The molecule has 3 fully saturated rings. The van der Waals surface area contributed by atoms with E-state index in [1.165, 1.54) is 10.9 Å². The summed E-state index contributed by atoms with van der Waals surface area (Å²) in [7, 11) is -9.14. The van der Waals surface area contributed by atoms with Gasteiger partial charge >= 0.3 is 15.3 Å². The van der Waals surface area contributed by atoms with Gasteiger partial charge in [0.1, 0.15) is 38.4 Å². The molecule has 3 saturated heterocycles. The Morgan fingerprint density at radius 2 is 1.68 bits per heavy atom. The first-order chi connectivity index (χ1) is 29.6. The molecule has 0 saturated carbocycles. The average Bonchev–Trinajstić information content (AvgIpc) is 4.01. The predicted molar refractivity (Wildman–Crippen MR) is 214 cm³/mol. The van der Waals surface area contributed by atoms with E-state index in [0.717, 1.165) is 17.2 Å². The molecule has 1 aromatic carbocycles. The van der Waals surface area contributed by atoms with Gasteiger partial charge in [-0.3, -0.25) is 33.8 Å². The molecule has 0 radical (unpaired) electrons. The molecule has 328 valence electrons. The number of alkyl halides is 2. The van der Waals surface area contributed by atoms with Crippen molar-refractivity contribution < 1.29 is 60.2 Å². The zero-order valence-corrected chi connectivity index (χ0v) is 35.0. The number of nitrogens with zero attached hydrogens (tertiary/aromatic N) is 8. The fourth-order valence-electron chi connectivity index (χ4n) is 6.66. The molecule has 0 aliphatic carbocycles. The summed E-state index contributed by atoms with van der Waals surface area (Å²) in [6.45, 7) is 1.19. The lowest BCUT2D eigenvalue weighted by Gasteiger charge is -2.24. The van der Waals surface area contributed by atoms with E-state index in [1.54, 1.807) is 44.2 Å². The highest BCUT2D eigenvalue weighted by atomic mass is 32.7. The number of imidazole rings is 2. The Kier molecular flexibility index (Phi) is 12.6. The maximum Gasteiger partial charge on any atom is 0.573 e. The summed E-state index contributed by atoms with van der Waals surface area (Å²) in [4.78, 5) is 84.8. The average molecular weight is 924 g/mol. The van der Waals surface area contributed by atoms with Gasteiger partial charge in [-0.2, -0.15) is 38.1 Å². The fourth-order valence-corrected chi connectivity index (χ4v) is 9.54. The van der Waals surface area contributed by atoms with Crippen LogP contribution in [0.25, 0.3) is 22.3 Å². The van der Waals surface area contributed by atoms with Crippen molar-refractivity contribution in [3.8, 4) is 6.07 Å². The van der Waals surface area contributed by atoms with Crippen molar-refractivity contribution >= 4 is 73.5 Å². The van der Waals surface area contributed by atoms with Crippen LogP contribution in [0.3, 0.4) is 0 Å². The van der Waals surface area contributed by atoms with Gasteiger partial charge in [0.05, 0.1) is 37.4 Å². The molecule has 62 heavy (non-hydrogen) atoms. The molecule has 23 nitrogen and oxygen atoms in total. The number of carbonyl (C=O) groups excluding carboxylic acids is 2. The molecule has 0 spiro atoms. The van der Waals surface area contributed by atoms with Crippen LogP contribution in [0.4, 0.5) is 20.5 Å². The lowest BCUT2D eigenvalue weighted by Crippen LogP contribution is -2.35. The molecule has 3 aliphatic rings. The van der Waals surface area contributed by atoms with Crippen LogP contribution in [-0.4, -0.2) is 117 Å². The molecular weight excluding hydrogens is 886 g/mol. The number of carbonyl (C=O) groups is 2. The highest BCUT2D eigenvalue weighted by molar-refractivity contribution is 8.47. The maximum absolute atomic E-state index is 16.8. The van der Waals surface area contributed by atoms with Gasteiger partial charge in [0, 0.05) is 11.5 Å². The second kappa shape index (κ2) is 17.8. The SMILES string of the molecule is CC(C)C(=O)Nc1nc2c(ncn2[C@@H]2O[C@@H]3CO[P+](O)(OCCC#N)O[C@H]4[C@@H](F)[C@H](n5cnc6c(NC(=O)c7ccccc7)ncnc65)O[C@@H]4CO[P+](O)(S)O[C@@H]2[C@@H]3F)c(=O)[nH]1. The number of ether oxygens (including phenoxy) is 2. The Morgan fingerprint density at radius 1 is 0.968 bits per heavy atom. The predicted octanol–water partition coefficient (Wildman–Crippen LogP) is 3.29. The van der Waals surface area contributed by atoms with Crippen LogP contribution in [0.1, 0.15) is 43.1 Å². The second-order valence-electron chi connectivity index (χ2n) is 14.2. The first kappa shape index (κ1) is 43.9. The first-order valence-electron chi connectivity index (χ1n) is 18.7. The minimum atomic E-state index is -4.72. The largest absolute Gasteiger partial charge is 0.573 e. The van der Waals surface area contributed by atoms with Crippen molar-refractivity contribution in [1.82, 2.24) is 39.0 Å². The van der Waals surface area contributed by atoms with E-state index in [9.17, 15) is 29.4 Å². The highest BCUT2D eigenvalue weighted by Crippen LogP contribution is 2.66. The van der Waals surface area contributed by atoms with Crippen molar-refractivity contribution in [1.29, 1.82) is 5.26 Å². The molecule has 2 unspecified atom stereocenters. The van der Waals surface area contributed by atoms with Gasteiger partial charge in [0.25, 0.3) is 11.5 Å². The number of benzene rings is 1. The third-order valence-corrected chi connectivity index (χ3v) is 12.8. The van der Waals surface area contributed by atoms with Crippen LogP contribution < -0.4 is 16.2 Å². The van der Waals surface area contributed by atoms with E-state index < -0.39 is 108 Å². The zero-order valence-electron chi connectivity index (χ0n) is 32.3. The normalized spacial score (nSPS) is 30.3. The molecular formula is C34H37F2N11O12P2S+2. The summed E-state index contributed by atoms with van der Waals surface area (Å²) in [6.07, 6.45) is -11.2. The van der Waals surface area contributed by atoms with Gasteiger partial charge in [-0.25, -0.2) is 28.7 Å². The summed E-state index contributed by atoms with van der Waals surface area (Å²) < 4.78 is 76.1. The van der Waals surface area contributed by atoms with Crippen molar-refractivity contribution in [3.05, 3.63) is 65.2 Å². The molecule has 7 heterocycles. The van der Waals surface area contributed by atoms with Crippen LogP contribution in [0, 0.1) is 17.2 Å². The number of fused-ring (bicyclic) bond motifs is 5. The monoisotopic (exact) mass is 923 g/mol. The second-order valence-corrected chi connectivity index (χ2v) is 18.8. The van der Waals surface area contributed by atoms with Crippen molar-refractivity contribution in [2.24, 2.45) is 5.92 Å². The fraction of sp³-hybridized carbons (Fsp3) is 0.441. The summed E-state index contributed by atoms with van der Waals surface area (Å²) in [5.41, 5.74) is -0.746. The van der Waals surface area contributed by atoms with Gasteiger partial charge in [0.2, 0.25) is 11.9 Å². The van der Waals surface area contributed by atoms with E-state index in [2.05, 4.69) is 52.8 Å². The number of rotatable bonds is 9. The zero-order chi connectivity index (χ0) is 43.9. The van der Waals surface area contributed by atoms with Crippen LogP contribution in [-0.2, 0) is 36.9 Å². The number of halogens is 2. The number of H-pyrrole nitrogens is 1. The number of nitrogens with one attached hydrogen (secondary N) is 3. The van der Waals surface area contributed by atoms with Crippen LogP contribution in [0.2, 0.25) is 0 Å². The number of aromatic amines is 1. The minimum absolute atomic E-state index is 0.00533. The lowest BCUT2D eigenvalue weighted by atomic mass is 10.1. The Labute approximate surface area is 354 Å². The quantitative estimate of drug-likeness (QED) is 0.0702. The van der Waals surface area contributed by atoms with Crippen LogP contribution >= 0.6 is 27.6 Å². The Bertz CT molecular complexity index is 2570. The molecule has 3 aliphatic heterocycles. The molecule has 10 atom stereocenters. The number of anilines is 2. The highest BCUT2D eigenvalue weighted by Gasteiger charge is 2.62. The molecule has 4 aromatic heterocycles. The van der Waals surface area contributed by atoms with E-state index in [4.69, 9.17) is 32.1 Å². The molecule has 8 rings (SSSR count). The number of thiol groups is 1. The number of amides is 2. The number of nitriles is 1. The standard InChI is InChI=1S/C34H35F2N11O12P2S/c1-16(2)29(48)44-34-43-28-23(31(50)45-34)41-15-47(28)33-25-20(35)18(56-33)11-54-60(51,53-10-6-9-37)58-24-19(12-55-61(52,62)59-25)57-32(21(24)36)46-14-40-22-26(38-13-39-27(22)46)42-30(49)17-7-4-3-5-8-17/h3-5,7-8,13-16,18-21,24-25,32-33,51-52,62H,6,10-12H2,1-2H3,(H-2,38,39,42,43,44,45,48,49,50)/p+2/t18-,19-,20-,21-,24-,25-,32-,33-,60?,61?/m1/s1. The molecule has 5 N–H and O–H groups in total. The van der Waals surface area contributed by atoms with Gasteiger partial charge in [-0.15, -0.1) is 4.52 Å². The topological polar surface area (TPSA) is 294 Å². The van der Waals surface area contributed by atoms with E-state index >= 15 is 8.78 Å². The van der Waals surface area contributed by atoms with Gasteiger partial charge in [-0.05, 0) is 12.1 Å². The summed E-state index contributed by atoms with van der Waals surface area (Å²) >= 11 is 4.19. The van der Waals surface area contributed by atoms with Crippen LogP contribution in [0.15, 0.2) is 54.1 Å². The minimum Gasteiger partial charge on any atom is -0.346 e.